The van der Waals surface area contributed by atoms with Crippen molar-refractivity contribution >= 4 is 44.7 Å². The Bertz CT molecular complexity index is 3560. The van der Waals surface area contributed by atoms with Crippen LogP contribution in [-0.4, -0.2) is 26.2 Å². The number of aliphatic imine (C=N–C) groups is 1. The molecule has 0 bridgehead atoms. The highest BCUT2D eigenvalue weighted by Gasteiger charge is 2.25. The van der Waals surface area contributed by atoms with Crippen LogP contribution in [0.1, 0.15) is 24.5 Å². The highest BCUT2D eigenvalue weighted by atomic mass is 15.5. The summed E-state index contributed by atoms with van der Waals surface area (Å²) in [5, 5.41) is 13.2. The Kier molecular flexibility index (Phi) is 11.1. The number of benzene rings is 7. The SMILES string of the molecule is C=C1/C=C\C=C/N(NC(=NC(=N)c2ccccc2)C2=CCC(C)C=C2)c2ccc3c(c21)c1ccccc1n3-c1ccccc1-c1cc(-c2ccccc2)nc(-c2cccc(-c3ccccc3)c2)n1. The molecule has 1 aliphatic carbocycles. The zero-order chi connectivity index (χ0) is 46.0. The van der Waals surface area contributed by atoms with E-state index in [4.69, 9.17) is 20.4 Å². The van der Waals surface area contributed by atoms with Crippen LogP contribution in [0.15, 0.2) is 242 Å². The van der Waals surface area contributed by atoms with Crippen molar-refractivity contribution < 1.29 is 0 Å². The molecule has 0 spiro atoms. The number of anilines is 1. The fourth-order valence-corrected chi connectivity index (χ4v) is 9.17. The average Bonchev–Trinajstić information content (AvgIpc) is 3.73. The number of aromatic nitrogens is 3. The molecule has 0 fully saturated rings. The normalized spacial score (nSPS) is 15.6. The molecule has 0 radical (unpaired) electrons. The highest BCUT2D eigenvalue weighted by molar-refractivity contribution is 6.17. The number of hydrogen-bond donors (Lipinski definition) is 2. The first-order chi connectivity index (χ1) is 33.5. The van der Waals surface area contributed by atoms with E-state index in [-0.39, 0.29) is 5.84 Å². The summed E-state index contributed by atoms with van der Waals surface area (Å²) in [6.45, 7) is 6.88. The first kappa shape index (κ1) is 41.7. The average molecular weight is 878 g/mol. The molecule has 9 aromatic rings. The quantitative estimate of drug-likeness (QED) is 0.118. The molecule has 1 atom stereocenters. The number of amidine groups is 2. The van der Waals surface area contributed by atoms with E-state index >= 15 is 0 Å². The van der Waals surface area contributed by atoms with Gasteiger partial charge in [-0.2, -0.15) is 0 Å². The summed E-state index contributed by atoms with van der Waals surface area (Å²) in [6.07, 6.45) is 15.5. The molecule has 7 aromatic carbocycles. The van der Waals surface area contributed by atoms with Crippen LogP contribution in [0.5, 0.6) is 0 Å². The molecule has 11 rings (SSSR count). The Balaban J connectivity index is 1.08. The molecule has 7 nitrogen and oxygen atoms in total. The Labute approximate surface area is 396 Å². The molecule has 2 aliphatic rings. The molecule has 0 saturated heterocycles. The Morgan fingerprint density at radius 2 is 1.34 bits per heavy atom. The lowest BCUT2D eigenvalue weighted by Gasteiger charge is -2.28. The number of hydrazine groups is 1. The van der Waals surface area contributed by atoms with Gasteiger partial charge in [-0.3, -0.25) is 15.8 Å². The van der Waals surface area contributed by atoms with E-state index in [0.717, 1.165) is 101 Å². The predicted molar refractivity (Wildman–Crippen MR) is 283 cm³/mol. The Morgan fingerprint density at radius 3 is 2.13 bits per heavy atom. The van der Waals surface area contributed by atoms with Gasteiger partial charge in [-0.05, 0) is 71.5 Å². The third-order valence-corrected chi connectivity index (χ3v) is 12.6. The van der Waals surface area contributed by atoms with Crippen LogP contribution in [-0.2, 0) is 0 Å². The summed E-state index contributed by atoms with van der Waals surface area (Å²) >= 11 is 0. The van der Waals surface area contributed by atoms with Gasteiger partial charge >= 0.3 is 0 Å². The number of para-hydroxylation sites is 2. The molecule has 326 valence electrons. The summed E-state index contributed by atoms with van der Waals surface area (Å²) < 4.78 is 2.36. The second kappa shape index (κ2) is 18.1. The van der Waals surface area contributed by atoms with E-state index in [2.05, 4.69) is 175 Å². The highest BCUT2D eigenvalue weighted by Crippen LogP contribution is 2.43. The van der Waals surface area contributed by atoms with Gasteiger partial charge in [0.1, 0.15) is 0 Å². The lowest BCUT2D eigenvalue weighted by atomic mass is 9.96. The second-order valence-corrected chi connectivity index (χ2v) is 17.1. The van der Waals surface area contributed by atoms with Gasteiger partial charge in [0.15, 0.2) is 17.5 Å². The molecule has 7 heteroatoms. The summed E-state index contributed by atoms with van der Waals surface area (Å²) in [5.74, 6) is 1.82. The minimum Gasteiger partial charge on any atom is -0.309 e. The summed E-state index contributed by atoms with van der Waals surface area (Å²) in [7, 11) is 0. The molecule has 1 aliphatic heterocycles. The third-order valence-electron chi connectivity index (χ3n) is 12.6. The van der Waals surface area contributed by atoms with E-state index in [9.17, 15) is 0 Å². The lowest BCUT2D eigenvalue weighted by Crippen LogP contribution is -2.40. The number of nitrogens with zero attached hydrogens (tertiary/aromatic N) is 5. The maximum atomic E-state index is 9.05. The van der Waals surface area contributed by atoms with Crippen LogP contribution in [0, 0.1) is 11.3 Å². The fourth-order valence-electron chi connectivity index (χ4n) is 9.17. The zero-order valence-corrected chi connectivity index (χ0v) is 37.6. The summed E-state index contributed by atoms with van der Waals surface area (Å²) in [4.78, 5) is 15.5. The van der Waals surface area contributed by atoms with Crippen molar-refractivity contribution in [3.8, 4) is 50.7 Å². The largest absolute Gasteiger partial charge is 0.309 e. The predicted octanol–water partition coefficient (Wildman–Crippen LogP) is 14.6. The molecular formula is C61H47N7. The molecule has 1 unspecified atom stereocenters. The van der Waals surface area contributed by atoms with E-state index in [1.807, 2.05) is 78.0 Å². The van der Waals surface area contributed by atoms with Crippen molar-refractivity contribution in [2.24, 2.45) is 10.9 Å². The maximum Gasteiger partial charge on any atom is 0.160 e. The maximum absolute atomic E-state index is 9.05. The van der Waals surface area contributed by atoms with Gasteiger partial charge in [-0.25, -0.2) is 15.0 Å². The fraction of sp³-hybridized carbons (Fsp3) is 0.0492. The number of rotatable bonds is 8. The smallest absolute Gasteiger partial charge is 0.160 e. The van der Waals surface area contributed by atoms with Gasteiger partial charge in [-0.1, -0.05) is 189 Å². The lowest BCUT2D eigenvalue weighted by molar-refractivity contribution is 0.733. The van der Waals surface area contributed by atoms with Crippen LogP contribution < -0.4 is 10.4 Å². The van der Waals surface area contributed by atoms with E-state index in [1.54, 1.807) is 0 Å². The molecule has 2 N–H and O–H groups in total. The van der Waals surface area contributed by atoms with Crippen LogP contribution in [0.2, 0.25) is 0 Å². The second-order valence-electron chi connectivity index (χ2n) is 17.1. The molecular weight excluding hydrogens is 831 g/mol. The minimum atomic E-state index is 0.172. The summed E-state index contributed by atoms with van der Waals surface area (Å²) in [5.41, 5.74) is 17.9. The minimum absolute atomic E-state index is 0.172. The van der Waals surface area contributed by atoms with Crippen molar-refractivity contribution in [2.75, 3.05) is 5.01 Å². The van der Waals surface area contributed by atoms with Crippen LogP contribution >= 0.6 is 0 Å². The third kappa shape index (κ3) is 8.07. The first-order valence-corrected chi connectivity index (χ1v) is 22.9. The van der Waals surface area contributed by atoms with E-state index in [1.165, 1.54) is 0 Å². The van der Waals surface area contributed by atoms with Gasteiger partial charge in [0.25, 0.3) is 0 Å². The van der Waals surface area contributed by atoms with E-state index in [0.29, 0.717) is 17.6 Å². The molecule has 68 heavy (non-hydrogen) atoms. The van der Waals surface area contributed by atoms with Crippen molar-refractivity contribution in [2.45, 2.75) is 13.3 Å². The molecule has 0 saturated carbocycles. The first-order valence-electron chi connectivity index (χ1n) is 22.9. The zero-order valence-electron chi connectivity index (χ0n) is 37.6. The number of hydrogen-bond acceptors (Lipinski definition) is 4. The molecule has 0 amide bonds. The number of fused-ring (bicyclic) bond motifs is 5. The van der Waals surface area contributed by atoms with Gasteiger partial charge in [0.2, 0.25) is 0 Å². The van der Waals surface area contributed by atoms with Crippen LogP contribution in [0.25, 0.3) is 78.1 Å². The van der Waals surface area contributed by atoms with Gasteiger partial charge in [0.05, 0.1) is 33.8 Å². The van der Waals surface area contributed by atoms with Crippen molar-refractivity contribution in [3.63, 3.8) is 0 Å². The van der Waals surface area contributed by atoms with Gasteiger partial charge in [-0.15, -0.1) is 0 Å². The Hall–Kier alpha value is -8.94. The number of nitrogens with one attached hydrogen (secondary N) is 2. The van der Waals surface area contributed by atoms with Crippen molar-refractivity contribution in [1.29, 1.82) is 5.41 Å². The monoisotopic (exact) mass is 877 g/mol. The van der Waals surface area contributed by atoms with Crippen LogP contribution in [0.3, 0.4) is 0 Å². The van der Waals surface area contributed by atoms with Crippen molar-refractivity contribution in [1.82, 2.24) is 20.0 Å². The van der Waals surface area contributed by atoms with E-state index < -0.39 is 0 Å². The summed E-state index contributed by atoms with van der Waals surface area (Å²) in [6, 6.07) is 62.4. The standard InChI is InChI=1S/C61H47N7/c1-41-32-34-46(35-33-41)61(65-59(62)45-24-10-5-11-25-45)66-67-38-17-16-19-42(2)57-55(67)36-37-56-58(57)50-29-13-15-31-54(50)68(56)53-30-14-12-28-49(53)52-40-51(44-22-8-4-9-23-44)63-60(64-52)48-27-18-26-47(39-48)43-20-6-3-7-21-43/h3-32,34-41H,2,33H2,1H3,(H2,62,65,66)/b19-16-,38-17-. The Morgan fingerprint density at radius 1 is 0.647 bits per heavy atom. The van der Waals surface area contributed by atoms with Gasteiger partial charge in [0, 0.05) is 50.4 Å². The van der Waals surface area contributed by atoms with Gasteiger partial charge < -0.3 is 4.57 Å². The molecule has 2 aromatic heterocycles. The van der Waals surface area contributed by atoms with Crippen LogP contribution in [0.4, 0.5) is 5.69 Å². The number of allylic oxidation sites excluding steroid dienone is 6. The topological polar surface area (TPSA) is 82.2 Å². The van der Waals surface area contributed by atoms with Crippen molar-refractivity contribution in [3.05, 3.63) is 248 Å². The molecule has 3 heterocycles.